The second-order valence-electron chi connectivity index (χ2n) is 3.84. The molecule has 0 aliphatic rings. The molecule has 0 heterocycles. The van der Waals surface area contributed by atoms with Gasteiger partial charge in [0, 0.05) is 10.0 Å². The van der Waals surface area contributed by atoms with Gasteiger partial charge >= 0.3 is 0 Å². The van der Waals surface area contributed by atoms with Crippen LogP contribution in [-0.4, -0.2) is 19.5 Å². The summed E-state index contributed by atoms with van der Waals surface area (Å²) in [7, 11) is 0. The Bertz CT molecular complexity index is 555. The monoisotopic (exact) mass is 320 g/mol. The molecule has 0 bridgehead atoms. The number of halogens is 1. The Hall–Kier alpha value is -1.81. The number of carbonyl (C=O) groups is 1. The molecule has 4 heteroatoms. The van der Waals surface area contributed by atoms with Gasteiger partial charge in [-0.15, -0.1) is 0 Å². The minimum Gasteiger partial charge on any atom is -0.490 e. The van der Waals surface area contributed by atoms with E-state index in [1.54, 1.807) is 18.2 Å². The molecular formula is C15H13BrO3. The van der Waals surface area contributed by atoms with E-state index in [1.807, 2.05) is 30.3 Å². The van der Waals surface area contributed by atoms with E-state index in [-0.39, 0.29) is 0 Å². The summed E-state index contributed by atoms with van der Waals surface area (Å²) >= 11 is 3.38. The van der Waals surface area contributed by atoms with Gasteiger partial charge in [-0.2, -0.15) is 0 Å². The first kappa shape index (κ1) is 13.6. The first-order valence-electron chi connectivity index (χ1n) is 5.84. The summed E-state index contributed by atoms with van der Waals surface area (Å²) in [6, 6.07) is 14.7. The second kappa shape index (κ2) is 6.95. The molecule has 0 unspecified atom stereocenters. The van der Waals surface area contributed by atoms with E-state index in [9.17, 15) is 4.79 Å². The number of ether oxygens (including phenoxy) is 2. The highest BCUT2D eigenvalue weighted by Crippen LogP contribution is 2.17. The van der Waals surface area contributed by atoms with Crippen LogP contribution in [0.2, 0.25) is 0 Å². The maximum Gasteiger partial charge on any atom is 0.150 e. The fraction of sp³-hybridized carbons (Fsp3) is 0.133. The highest BCUT2D eigenvalue weighted by atomic mass is 79.9. The number of aldehydes is 1. The zero-order valence-electron chi connectivity index (χ0n) is 10.2. The fourth-order valence-corrected chi connectivity index (χ4v) is 1.93. The Kier molecular flexibility index (Phi) is 4.98. The average molecular weight is 321 g/mol. The van der Waals surface area contributed by atoms with Crippen molar-refractivity contribution in [3.63, 3.8) is 0 Å². The predicted octanol–water partition coefficient (Wildman–Crippen LogP) is 3.72. The van der Waals surface area contributed by atoms with E-state index >= 15 is 0 Å². The van der Waals surface area contributed by atoms with Crippen LogP contribution in [0.15, 0.2) is 53.0 Å². The largest absolute Gasteiger partial charge is 0.490 e. The number of benzene rings is 2. The maximum atomic E-state index is 10.6. The van der Waals surface area contributed by atoms with Gasteiger partial charge < -0.3 is 9.47 Å². The molecule has 0 aromatic heterocycles. The lowest BCUT2D eigenvalue weighted by Crippen LogP contribution is -2.09. The van der Waals surface area contributed by atoms with E-state index in [1.165, 1.54) is 0 Å². The zero-order chi connectivity index (χ0) is 13.5. The van der Waals surface area contributed by atoms with Gasteiger partial charge in [-0.1, -0.05) is 34.1 Å². The van der Waals surface area contributed by atoms with Crippen molar-refractivity contribution in [2.75, 3.05) is 13.2 Å². The molecule has 0 spiro atoms. The first-order chi connectivity index (χ1) is 9.28. The molecule has 3 nitrogen and oxygen atoms in total. The summed E-state index contributed by atoms with van der Waals surface area (Å²) in [6.07, 6.45) is 0.796. The van der Waals surface area contributed by atoms with Crippen molar-refractivity contribution < 1.29 is 14.3 Å². The van der Waals surface area contributed by atoms with E-state index in [4.69, 9.17) is 9.47 Å². The van der Waals surface area contributed by atoms with E-state index < -0.39 is 0 Å². The smallest absolute Gasteiger partial charge is 0.150 e. The first-order valence-corrected chi connectivity index (χ1v) is 6.63. The standard InChI is InChI=1S/C15H13BrO3/c16-13-4-2-6-15(10-13)19-8-7-18-14-5-1-3-12(9-14)11-17/h1-6,9-11H,7-8H2. The zero-order valence-corrected chi connectivity index (χ0v) is 11.8. The second-order valence-corrected chi connectivity index (χ2v) is 4.76. The Morgan fingerprint density at radius 1 is 0.947 bits per heavy atom. The summed E-state index contributed by atoms with van der Waals surface area (Å²) in [6.45, 7) is 0.872. The van der Waals surface area contributed by atoms with Crippen LogP contribution in [0.4, 0.5) is 0 Å². The van der Waals surface area contributed by atoms with Gasteiger partial charge in [0.05, 0.1) is 0 Å². The third-order valence-corrected chi connectivity index (χ3v) is 2.90. The Morgan fingerprint density at radius 3 is 2.21 bits per heavy atom. The van der Waals surface area contributed by atoms with Crippen LogP contribution in [0.5, 0.6) is 11.5 Å². The van der Waals surface area contributed by atoms with E-state index in [2.05, 4.69) is 15.9 Å². The molecule has 0 amide bonds. The number of rotatable bonds is 6. The normalized spacial score (nSPS) is 9.95. The van der Waals surface area contributed by atoms with Gasteiger partial charge in [0.1, 0.15) is 31.0 Å². The summed E-state index contributed by atoms with van der Waals surface area (Å²) in [5.74, 6) is 1.46. The minimum absolute atomic E-state index is 0.425. The highest BCUT2D eigenvalue weighted by molar-refractivity contribution is 9.10. The van der Waals surface area contributed by atoms with Gasteiger partial charge in [-0.25, -0.2) is 0 Å². The molecule has 98 valence electrons. The third kappa shape index (κ3) is 4.41. The van der Waals surface area contributed by atoms with Crippen molar-refractivity contribution in [2.45, 2.75) is 0 Å². The van der Waals surface area contributed by atoms with Gasteiger partial charge in [0.2, 0.25) is 0 Å². The molecule has 2 rings (SSSR count). The van der Waals surface area contributed by atoms with Gasteiger partial charge in [-0.3, -0.25) is 4.79 Å². The van der Waals surface area contributed by atoms with Gasteiger partial charge in [-0.05, 0) is 30.3 Å². The lowest BCUT2D eigenvalue weighted by Gasteiger charge is -2.08. The average Bonchev–Trinajstić information content (AvgIpc) is 2.44. The van der Waals surface area contributed by atoms with Crippen LogP contribution >= 0.6 is 15.9 Å². The number of hydrogen-bond donors (Lipinski definition) is 0. The van der Waals surface area contributed by atoms with E-state index in [0.29, 0.717) is 24.5 Å². The maximum absolute atomic E-state index is 10.6. The lowest BCUT2D eigenvalue weighted by molar-refractivity contribution is 0.112. The summed E-state index contributed by atoms with van der Waals surface area (Å²) in [5.41, 5.74) is 0.602. The molecule has 2 aromatic rings. The lowest BCUT2D eigenvalue weighted by atomic mass is 10.2. The van der Waals surface area contributed by atoms with Crippen LogP contribution < -0.4 is 9.47 Å². The SMILES string of the molecule is O=Cc1cccc(OCCOc2cccc(Br)c2)c1. The number of hydrogen-bond acceptors (Lipinski definition) is 3. The molecule has 0 radical (unpaired) electrons. The van der Waals surface area contributed by atoms with Crippen LogP contribution in [0.3, 0.4) is 0 Å². The van der Waals surface area contributed by atoms with Crippen LogP contribution in [0.25, 0.3) is 0 Å². The molecule has 0 aliphatic carbocycles. The Balaban J connectivity index is 1.79. The topological polar surface area (TPSA) is 35.5 Å². The quantitative estimate of drug-likeness (QED) is 0.601. The highest BCUT2D eigenvalue weighted by Gasteiger charge is 1.97. The van der Waals surface area contributed by atoms with Crippen molar-refractivity contribution in [2.24, 2.45) is 0 Å². The van der Waals surface area contributed by atoms with Crippen LogP contribution in [0, 0.1) is 0 Å². The van der Waals surface area contributed by atoms with Crippen molar-refractivity contribution in [3.8, 4) is 11.5 Å². The molecule has 2 aromatic carbocycles. The fourth-order valence-electron chi connectivity index (χ4n) is 1.55. The summed E-state index contributed by atoms with van der Waals surface area (Å²) in [5, 5.41) is 0. The minimum atomic E-state index is 0.425. The van der Waals surface area contributed by atoms with Crippen molar-refractivity contribution in [1.29, 1.82) is 0 Å². The molecule has 0 aliphatic heterocycles. The van der Waals surface area contributed by atoms with Crippen molar-refractivity contribution in [3.05, 3.63) is 58.6 Å². The van der Waals surface area contributed by atoms with Crippen molar-refractivity contribution >= 4 is 22.2 Å². The van der Waals surface area contributed by atoms with Crippen LogP contribution in [-0.2, 0) is 0 Å². The summed E-state index contributed by atoms with van der Waals surface area (Å²) in [4.78, 5) is 10.6. The van der Waals surface area contributed by atoms with Crippen molar-refractivity contribution in [1.82, 2.24) is 0 Å². The molecular weight excluding hydrogens is 308 g/mol. The molecule has 0 fully saturated rings. The molecule has 0 atom stereocenters. The molecule has 0 saturated heterocycles. The number of carbonyl (C=O) groups excluding carboxylic acids is 1. The Labute approximate surface area is 120 Å². The molecule has 0 N–H and O–H groups in total. The molecule has 19 heavy (non-hydrogen) atoms. The van der Waals surface area contributed by atoms with E-state index in [0.717, 1.165) is 16.5 Å². The Morgan fingerprint density at radius 2 is 1.58 bits per heavy atom. The summed E-state index contributed by atoms with van der Waals surface area (Å²) < 4.78 is 12.0. The molecule has 0 saturated carbocycles. The van der Waals surface area contributed by atoms with Crippen LogP contribution in [0.1, 0.15) is 10.4 Å². The van der Waals surface area contributed by atoms with Gasteiger partial charge in [0.15, 0.2) is 0 Å². The van der Waals surface area contributed by atoms with Gasteiger partial charge in [0.25, 0.3) is 0 Å². The third-order valence-electron chi connectivity index (χ3n) is 2.41. The predicted molar refractivity (Wildman–Crippen MR) is 77.0 cm³/mol.